The van der Waals surface area contributed by atoms with Crippen molar-refractivity contribution in [3.8, 4) is 0 Å². The van der Waals surface area contributed by atoms with Crippen LogP contribution in [0.1, 0.15) is 33.9 Å². The number of amides is 1. The van der Waals surface area contributed by atoms with E-state index in [-0.39, 0.29) is 11.7 Å². The van der Waals surface area contributed by atoms with Gasteiger partial charge in [-0.1, -0.05) is 22.0 Å². The van der Waals surface area contributed by atoms with Crippen LogP contribution in [0.25, 0.3) is 0 Å². The number of fused-ring (bicyclic) bond motifs is 1. The molecular weight excluding hydrogens is 349 g/mol. The molecule has 0 fully saturated rings. The first-order valence-electron chi connectivity index (χ1n) is 7.07. The normalized spacial score (nSPS) is 20.3. The van der Waals surface area contributed by atoms with Crippen molar-refractivity contribution < 1.29 is 14.3 Å². The van der Waals surface area contributed by atoms with Gasteiger partial charge in [-0.2, -0.15) is 0 Å². The van der Waals surface area contributed by atoms with Crippen molar-refractivity contribution in [2.75, 3.05) is 0 Å². The first-order valence-corrected chi connectivity index (χ1v) is 7.87. The second-order valence-corrected chi connectivity index (χ2v) is 6.32. The van der Waals surface area contributed by atoms with E-state index in [1.807, 2.05) is 18.2 Å². The average Bonchev–Trinajstić information content (AvgIpc) is 2.51. The zero-order chi connectivity index (χ0) is 15.7. The van der Waals surface area contributed by atoms with E-state index in [0.717, 1.165) is 22.0 Å². The van der Waals surface area contributed by atoms with Gasteiger partial charge in [0, 0.05) is 10.0 Å². The molecule has 1 amide bonds. The molecule has 0 spiro atoms. The molecule has 2 unspecified atom stereocenters. The van der Waals surface area contributed by atoms with Crippen molar-refractivity contribution >= 4 is 21.8 Å². The molecule has 0 radical (unpaired) electrons. The standard InChI is InChI=1S/C17H15BrFNO2/c18-12-5-1-10-4-8-15(21)16(14(10)9-12)20-17(22)11-2-6-13(19)7-3-11/h1-3,5-7,9,15-16,21H,4,8H2,(H,20,22). The lowest BCUT2D eigenvalue weighted by atomic mass is 9.85. The molecule has 0 aliphatic heterocycles. The van der Waals surface area contributed by atoms with E-state index in [2.05, 4.69) is 21.2 Å². The highest BCUT2D eigenvalue weighted by molar-refractivity contribution is 9.10. The average molecular weight is 364 g/mol. The summed E-state index contributed by atoms with van der Waals surface area (Å²) in [6.45, 7) is 0. The highest BCUT2D eigenvalue weighted by Crippen LogP contribution is 2.32. The van der Waals surface area contributed by atoms with Crippen molar-refractivity contribution in [2.24, 2.45) is 0 Å². The molecule has 2 N–H and O–H groups in total. The maximum Gasteiger partial charge on any atom is 0.251 e. The molecule has 0 heterocycles. The van der Waals surface area contributed by atoms with Crippen molar-refractivity contribution in [3.05, 3.63) is 69.4 Å². The van der Waals surface area contributed by atoms with Crippen LogP contribution in [0.4, 0.5) is 4.39 Å². The number of aliphatic hydroxyl groups is 1. The van der Waals surface area contributed by atoms with E-state index in [0.29, 0.717) is 12.0 Å². The lowest BCUT2D eigenvalue weighted by molar-refractivity contribution is 0.0791. The van der Waals surface area contributed by atoms with Crippen LogP contribution < -0.4 is 5.32 Å². The maximum absolute atomic E-state index is 12.9. The van der Waals surface area contributed by atoms with Gasteiger partial charge in [0.1, 0.15) is 5.82 Å². The van der Waals surface area contributed by atoms with Crippen LogP contribution in [-0.2, 0) is 6.42 Å². The zero-order valence-electron chi connectivity index (χ0n) is 11.7. The summed E-state index contributed by atoms with van der Waals surface area (Å²) in [5, 5.41) is 13.1. The van der Waals surface area contributed by atoms with Gasteiger partial charge in [0.25, 0.3) is 5.91 Å². The Bertz CT molecular complexity index is 702. The number of carbonyl (C=O) groups excluding carboxylic acids is 1. The van der Waals surface area contributed by atoms with Gasteiger partial charge in [-0.25, -0.2) is 4.39 Å². The van der Waals surface area contributed by atoms with E-state index in [4.69, 9.17) is 0 Å². The van der Waals surface area contributed by atoms with E-state index in [1.165, 1.54) is 24.3 Å². The second-order valence-electron chi connectivity index (χ2n) is 5.41. The van der Waals surface area contributed by atoms with Gasteiger partial charge in [-0.3, -0.25) is 4.79 Å². The first-order chi connectivity index (χ1) is 10.5. The number of halogens is 2. The molecule has 3 rings (SSSR count). The molecule has 2 aromatic carbocycles. The predicted octanol–water partition coefficient (Wildman–Crippen LogP) is 3.37. The van der Waals surface area contributed by atoms with Crippen molar-refractivity contribution in [3.63, 3.8) is 0 Å². The predicted molar refractivity (Wildman–Crippen MR) is 85.1 cm³/mol. The molecular formula is C17H15BrFNO2. The monoisotopic (exact) mass is 363 g/mol. The summed E-state index contributed by atoms with van der Waals surface area (Å²) < 4.78 is 13.8. The Balaban J connectivity index is 1.87. The number of nitrogens with one attached hydrogen (secondary N) is 1. The smallest absolute Gasteiger partial charge is 0.251 e. The molecule has 0 saturated carbocycles. The Morgan fingerprint density at radius 2 is 1.95 bits per heavy atom. The van der Waals surface area contributed by atoms with E-state index in [1.54, 1.807) is 0 Å². The first kappa shape index (κ1) is 15.2. The van der Waals surface area contributed by atoms with Crippen LogP contribution in [-0.4, -0.2) is 17.1 Å². The number of benzene rings is 2. The molecule has 2 aromatic rings. The third-order valence-corrected chi connectivity index (χ3v) is 4.42. The van der Waals surface area contributed by atoms with Crippen LogP contribution in [0.5, 0.6) is 0 Å². The van der Waals surface area contributed by atoms with Crippen LogP contribution in [0, 0.1) is 5.82 Å². The number of rotatable bonds is 2. The number of carbonyl (C=O) groups is 1. The summed E-state index contributed by atoms with van der Waals surface area (Å²) in [5.74, 6) is -0.708. The van der Waals surface area contributed by atoms with Crippen molar-refractivity contribution in [1.29, 1.82) is 0 Å². The molecule has 22 heavy (non-hydrogen) atoms. The molecule has 0 bridgehead atoms. The molecule has 0 saturated heterocycles. The number of hydrogen-bond acceptors (Lipinski definition) is 2. The van der Waals surface area contributed by atoms with Crippen LogP contribution in [0.2, 0.25) is 0 Å². The minimum absolute atomic E-state index is 0.322. The van der Waals surface area contributed by atoms with Gasteiger partial charge in [0.05, 0.1) is 12.1 Å². The Hall–Kier alpha value is -1.72. The molecule has 1 aliphatic carbocycles. The molecule has 114 valence electrons. The minimum atomic E-state index is -0.633. The highest BCUT2D eigenvalue weighted by Gasteiger charge is 2.29. The molecule has 2 atom stereocenters. The highest BCUT2D eigenvalue weighted by atomic mass is 79.9. The second kappa shape index (κ2) is 6.18. The van der Waals surface area contributed by atoms with Gasteiger partial charge >= 0.3 is 0 Å². The van der Waals surface area contributed by atoms with Crippen LogP contribution >= 0.6 is 15.9 Å². The summed E-state index contributed by atoms with van der Waals surface area (Å²) >= 11 is 3.42. The zero-order valence-corrected chi connectivity index (χ0v) is 13.3. The third-order valence-electron chi connectivity index (χ3n) is 3.93. The Morgan fingerprint density at radius 3 is 2.68 bits per heavy atom. The van der Waals surface area contributed by atoms with E-state index >= 15 is 0 Å². The lowest BCUT2D eigenvalue weighted by Gasteiger charge is -2.31. The summed E-state index contributed by atoms with van der Waals surface area (Å²) in [6.07, 6.45) is 0.751. The SMILES string of the molecule is O=C(NC1c2cc(Br)ccc2CCC1O)c1ccc(F)cc1. The lowest BCUT2D eigenvalue weighted by Crippen LogP contribution is -2.39. The molecule has 0 aromatic heterocycles. The fourth-order valence-corrected chi connectivity index (χ4v) is 3.14. The fraction of sp³-hybridized carbons (Fsp3) is 0.235. The van der Waals surface area contributed by atoms with Crippen LogP contribution in [0.15, 0.2) is 46.9 Å². The van der Waals surface area contributed by atoms with Crippen LogP contribution in [0.3, 0.4) is 0 Å². The van der Waals surface area contributed by atoms with Gasteiger partial charge in [-0.05, 0) is 60.4 Å². The molecule has 1 aliphatic rings. The quantitative estimate of drug-likeness (QED) is 0.859. The number of hydrogen-bond donors (Lipinski definition) is 2. The fourth-order valence-electron chi connectivity index (χ4n) is 2.76. The maximum atomic E-state index is 12.9. The van der Waals surface area contributed by atoms with Crippen molar-refractivity contribution in [1.82, 2.24) is 5.32 Å². The summed E-state index contributed by atoms with van der Waals surface area (Å²) in [5.41, 5.74) is 2.41. The molecule has 5 heteroatoms. The number of aryl methyl sites for hydroxylation is 1. The Morgan fingerprint density at radius 1 is 1.23 bits per heavy atom. The number of aliphatic hydroxyl groups excluding tert-OH is 1. The Kier molecular flexibility index (Phi) is 4.27. The largest absolute Gasteiger partial charge is 0.391 e. The topological polar surface area (TPSA) is 49.3 Å². The van der Waals surface area contributed by atoms with E-state index < -0.39 is 12.1 Å². The summed E-state index contributed by atoms with van der Waals surface area (Å²) in [7, 11) is 0. The third kappa shape index (κ3) is 3.05. The van der Waals surface area contributed by atoms with E-state index in [9.17, 15) is 14.3 Å². The Labute approximate surface area is 136 Å². The summed E-state index contributed by atoms with van der Waals surface area (Å²) in [4.78, 5) is 12.3. The van der Waals surface area contributed by atoms with Gasteiger partial charge in [0.15, 0.2) is 0 Å². The minimum Gasteiger partial charge on any atom is -0.391 e. The van der Waals surface area contributed by atoms with Crippen molar-refractivity contribution in [2.45, 2.75) is 25.0 Å². The van der Waals surface area contributed by atoms with Gasteiger partial charge in [0.2, 0.25) is 0 Å². The van der Waals surface area contributed by atoms with Gasteiger partial charge in [-0.15, -0.1) is 0 Å². The van der Waals surface area contributed by atoms with Gasteiger partial charge < -0.3 is 10.4 Å². The summed E-state index contributed by atoms with van der Waals surface area (Å²) in [6, 6.07) is 10.8. The molecule has 3 nitrogen and oxygen atoms in total.